The van der Waals surface area contributed by atoms with Crippen LogP contribution in [-0.4, -0.2) is 28.5 Å². The molecule has 0 amide bonds. The Morgan fingerprint density at radius 3 is 2.78 bits per heavy atom. The number of aliphatic hydroxyl groups is 1. The van der Waals surface area contributed by atoms with Crippen molar-refractivity contribution in [2.75, 3.05) is 7.11 Å². The van der Waals surface area contributed by atoms with Gasteiger partial charge in [-0.05, 0) is 56.2 Å². The first-order valence-electron chi connectivity index (χ1n) is 8.26. The molecule has 5 heteroatoms. The lowest BCUT2D eigenvalue weighted by atomic mass is 10.1. The fourth-order valence-corrected chi connectivity index (χ4v) is 3.11. The van der Waals surface area contributed by atoms with Crippen molar-refractivity contribution in [3.8, 4) is 11.5 Å². The van der Waals surface area contributed by atoms with E-state index in [-0.39, 0.29) is 6.61 Å². The van der Waals surface area contributed by atoms with Crippen molar-refractivity contribution in [1.29, 1.82) is 0 Å². The zero-order chi connectivity index (χ0) is 16.1. The lowest BCUT2D eigenvalue weighted by Crippen LogP contribution is -2.11. The second-order valence-corrected chi connectivity index (χ2v) is 6.02. The summed E-state index contributed by atoms with van der Waals surface area (Å²) in [5, 5.41) is 16.3. The van der Waals surface area contributed by atoms with E-state index in [0.29, 0.717) is 6.10 Å². The third-order valence-electron chi connectivity index (χ3n) is 4.45. The Hall–Kier alpha value is -2.01. The maximum atomic E-state index is 9.28. The predicted molar refractivity (Wildman–Crippen MR) is 87.8 cm³/mol. The van der Waals surface area contributed by atoms with Gasteiger partial charge in [0.1, 0.15) is 0 Å². The van der Waals surface area contributed by atoms with Gasteiger partial charge in [-0.25, -0.2) is 0 Å². The van der Waals surface area contributed by atoms with Crippen LogP contribution in [0.25, 0.3) is 0 Å². The summed E-state index contributed by atoms with van der Waals surface area (Å²) in [6.07, 6.45) is 8.44. The minimum absolute atomic E-state index is 0.0183. The average molecular weight is 316 g/mol. The molecule has 3 rings (SSSR count). The summed E-state index contributed by atoms with van der Waals surface area (Å²) in [4.78, 5) is 0. The lowest BCUT2D eigenvalue weighted by molar-refractivity contribution is 0.200. The Morgan fingerprint density at radius 2 is 2.04 bits per heavy atom. The van der Waals surface area contributed by atoms with E-state index in [9.17, 15) is 5.11 Å². The number of ether oxygens (including phenoxy) is 2. The van der Waals surface area contributed by atoms with Crippen LogP contribution < -0.4 is 9.47 Å². The highest BCUT2D eigenvalue weighted by atomic mass is 16.5. The van der Waals surface area contributed by atoms with Crippen molar-refractivity contribution in [2.45, 2.75) is 51.2 Å². The Balaban J connectivity index is 1.69. The fourth-order valence-electron chi connectivity index (χ4n) is 3.11. The Morgan fingerprint density at radius 1 is 1.22 bits per heavy atom. The van der Waals surface area contributed by atoms with E-state index in [2.05, 4.69) is 22.3 Å². The number of nitrogens with one attached hydrogen (secondary N) is 1. The second kappa shape index (κ2) is 7.51. The minimum Gasteiger partial charge on any atom is -0.493 e. The number of aromatic nitrogens is 2. The van der Waals surface area contributed by atoms with E-state index in [1.54, 1.807) is 13.3 Å². The molecule has 1 aliphatic carbocycles. The molecule has 0 unspecified atom stereocenters. The van der Waals surface area contributed by atoms with Gasteiger partial charge in [0.15, 0.2) is 11.5 Å². The Kier molecular flexibility index (Phi) is 5.18. The highest BCUT2D eigenvalue weighted by molar-refractivity contribution is 5.43. The zero-order valence-corrected chi connectivity index (χ0v) is 13.5. The lowest BCUT2D eigenvalue weighted by Gasteiger charge is -2.17. The monoisotopic (exact) mass is 316 g/mol. The standard InChI is InChI=1S/C18H24N2O3/c1-22-17-9-7-13(6-8-16-14(12-21)11-19-20-16)10-18(17)23-15-4-2-3-5-15/h7,9-11,15,21H,2-6,8,12H2,1H3,(H,19,20). The summed E-state index contributed by atoms with van der Waals surface area (Å²) >= 11 is 0. The van der Waals surface area contributed by atoms with Crippen LogP contribution in [-0.2, 0) is 19.4 Å². The van der Waals surface area contributed by atoms with Crippen LogP contribution in [0.3, 0.4) is 0 Å². The van der Waals surface area contributed by atoms with Crippen molar-refractivity contribution < 1.29 is 14.6 Å². The van der Waals surface area contributed by atoms with E-state index < -0.39 is 0 Å². The van der Waals surface area contributed by atoms with E-state index in [1.807, 2.05) is 6.07 Å². The first kappa shape index (κ1) is 15.9. The van der Waals surface area contributed by atoms with Crippen LogP contribution in [0.2, 0.25) is 0 Å². The molecule has 0 atom stereocenters. The summed E-state index contributed by atoms with van der Waals surface area (Å²) in [5.74, 6) is 1.62. The Bertz CT molecular complexity index is 633. The zero-order valence-electron chi connectivity index (χ0n) is 13.5. The van der Waals surface area contributed by atoms with Gasteiger partial charge >= 0.3 is 0 Å². The number of H-pyrrole nitrogens is 1. The van der Waals surface area contributed by atoms with E-state index in [1.165, 1.54) is 18.4 Å². The van der Waals surface area contributed by atoms with Gasteiger partial charge < -0.3 is 14.6 Å². The molecular formula is C18H24N2O3. The molecule has 1 aliphatic rings. The van der Waals surface area contributed by atoms with Gasteiger partial charge in [0, 0.05) is 11.8 Å². The SMILES string of the molecule is COc1ccc(CCc2n[nH]cc2CO)cc1OC1CCCC1. The predicted octanol–water partition coefficient (Wildman–Crippen LogP) is 3.02. The van der Waals surface area contributed by atoms with Gasteiger partial charge in [-0.1, -0.05) is 6.07 Å². The average Bonchev–Trinajstić information content (AvgIpc) is 3.24. The molecule has 2 N–H and O–H groups in total. The molecule has 0 aliphatic heterocycles. The quantitative estimate of drug-likeness (QED) is 0.824. The maximum absolute atomic E-state index is 9.28. The summed E-state index contributed by atoms with van der Waals surface area (Å²) in [7, 11) is 1.67. The molecule has 1 saturated carbocycles. The molecule has 0 bridgehead atoms. The molecule has 2 aromatic rings. The van der Waals surface area contributed by atoms with Crippen molar-refractivity contribution >= 4 is 0 Å². The fraction of sp³-hybridized carbons (Fsp3) is 0.500. The van der Waals surface area contributed by atoms with Gasteiger partial charge in [0.25, 0.3) is 0 Å². The molecule has 1 aromatic carbocycles. The van der Waals surface area contributed by atoms with Crippen molar-refractivity contribution in [3.63, 3.8) is 0 Å². The number of hydrogen-bond donors (Lipinski definition) is 2. The van der Waals surface area contributed by atoms with Crippen LogP contribution in [0.5, 0.6) is 11.5 Å². The highest BCUT2D eigenvalue weighted by Crippen LogP contribution is 2.32. The molecular weight excluding hydrogens is 292 g/mol. The highest BCUT2D eigenvalue weighted by Gasteiger charge is 2.18. The number of nitrogens with zero attached hydrogens (tertiary/aromatic N) is 1. The number of aromatic amines is 1. The summed E-state index contributed by atoms with van der Waals surface area (Å²) in [6, 6.07) is 6.10. The molecule has 1 fully saturated rings. The van der Waals surface area contributed by atoms with E-state index >= 15 is 0 Å². The normalized spacial score (nSPS) is 15.0. The molecule has 5 nitrogen and oxygen atoms in total. The van der Waals surface area contributed by atoms with Gasteiger partial charge in [0.2, 0.25) is 0 Å². The first-order valence-corrected chi connectivity index (χ1v) is 8.26. The largest absolute Gasteiger partial charge is 0.493 e. The van der Waals surface area contributed by atoms with E-state index in [0.717, 1.165) is 48.4 Å². The van der Waals surface area contributed by atoms with Crippen LogP contribution in [0, 0.1) is 0 Å². The van der Waals surface area contributed by atoms with Gasteiger partial charge in [-0.2, -0.15) is 5.10 Å². The number of hydrogen-bond acceptors (Lipinski definition) is 4. The second-order valence-electron chi connectivity index (χ2n) is 6.02. The number of benzene rings is 1. The van der Waals surface area contributed by atoms with Crippen LogP contribution in [0.4, 0.5) is 0 Å². The third kappa shape index (κ3) is 3.85. The smallest absolute Gasteiger partial charge is 0.161 e. The summed E-state index contributed by atoms with van der Waals surface area (Å²) < 4.78 is 11.6. The van der Waals surface area contributed by atoms with Gasteiger partial charge in [-0.3, -0.25) is 5.10 Å². The number of rotatable bonds is 7. The van der Waals surface area contributed by atoms with Gasteiger partial charge in [-0.15, -0.1) is 0 Å². The molecule has 0 radical (unpaired) electrons. The van der Waals surface area contributed by atoms with Crippen molar-refractivity contribution in [1.82, 2.24) is 10.2 Å². The van der Waals surface area contributed by atoms with Crippen LogP contribution >= 0.6 is 0 Å². The molecule has 0 saturated heterocycles. The summed E-state index contributed by atoms with van der Waals surface area (Å²) in [6.45, 7) is 0.0183. The number of methoxy groups -OCH3 is 1. The minimum atomic E-state index is 0.0183. The van der Waals surface area contributed by atoms with Crippen LogP contribution in [0.1, 0.15) is 42.5 Å². The van der Waals surface area contributed by atoms with Gasteiger partial charge in [0.05, 0.1) is 25.5 Å². The van der Waals surface area contributed by atoms with Crippen LogP contribution in [0.15, 0.2) is 24.4 Å². The van der Waals surface area contributed by atoms with Crippen molar-refractivity contribution in [2.24, 2.45) is 0 Å². The molecule has 124 valence electrons. The number of aliphatic hydroxyl groups excluding tert-OH is 1. The molecule has 0 spiro atoms. The molecule has 1 aromatic heterocycles. The van der Waals surface area contributed by atoms with E-state index in [4.69, 9.17) is 9.47 Å². The number of aryl methyl sites for hydroxylation is 2. The first-order chi connectivity index (χ1) is 11.3. The molecule has 23 heavy (non-hydrogen) atoms. The Labute approximate surface area is 136 Å². The van der Waals surface area contributed by atoms with Crippen molar-refractivity contribution in [3.05, 3.63) is 41.2 Å². The molecule has 1 heterocycles. The summed E-state index contributed by atoms with van der Waals surface area (Å²) in [5.41, 5.74) is 2.97. The maximum Gasteiger partial charge on any atom is 0.161 e. The topological polar surface area (TPSA) is 67.4 Å². The third-order valence-corrected chi connectivity index (χ3v) is 4.45.